The third-order valence-electron chi connectivity index (χ3n) is 2.23. The number of aliphatic hydroxyl groups is 1. The molecule has 1 aromatic carbocycles. The van der Waals surface area contributed by atoms with E-state index < -0.39 is 6.10 Å². The summed E-state index contributed by atoms with van der Waals surface area (Å²) < 4.78 is 10.3. The van der Waals surface area contributed by atoms with Crippen molar-refractivity contribution in [1.82, 2.24) is 0 Å². The van der Waals surface area contributed by atoms with Gasteiger partial charge in [-0.1, -0.05) is 6.07 Å². The molecule has 0 aliphatic carbocycles. The predicted molar refractivity (Wildman–Crippen MR) is 68.2 cm³/mol. The molecule has 0 bridgehead atoms. The number of anilines is 1. The number of nitrogens with two attached hydrogens (primary N) is 1. The second-order valence-corrected chi connectivity index (χ2v) is 4.03. The quantitative estimate of drug-likeness (QED) is 0.566. The third kappa shape index (κ3) is 6.10. The fourth-order valence-corrected chi connectivity index (χ4v) is 1.27. The summed E-state index contributed by atoms with van der Waals surface area (Å²) in [5.74, 6) is 0.298. The Kier molecular flexibility index (Phi) is 6.00. The van der Waals surface area contributed by atoms with Crippen LogP contribution in [0.3, 0.4) is 0 Å². The molecule has 0 radical (unpaired) electrons. The topological polar surface area (TPSA) is 81.8 Å². The Morgan fingerprint density at radius 2 is 2.22 bits per heavy atom. The standard InChI is InChI=1S/C13H19NO4/c1-10(15)5-7-18-13(16)6-8-17-12-4-2-3-11(14)9-12/h2-4,9-10,15H,5-8,14H2,1H3. The number of hydrogen-bond acceptors (Lipinski definition) is 5. The van der Waals surface area contributed by atoms with Crippen LogP contribution >= 0.6 is 0 Å². The van der Waals surface area contributed by atoms with Gasteiger partial charge in [-0.2, -0.15) is 0 Å². The minimum absolute atomic E-state index is 0.175. The largest absolute Gasteiger partial charge is 0.493 e. The maximum Gasteiger partial charge on any atom is 0.309 e. The summed E-state index contributed by atoms with van der Waals surface area (Å²) in [6, 6.07) is 7.01. The molecule has 0 aromatic heterocycles. The SMILES string of the molecule is CC(O)CCOC(=O)CCOc1cccc(N)c1. The molecule has 1 unspecified atom stereocenters. The van der Waals surface area contributed by atoms with E-state index in [1.165, 1.54) is 0 Å². The second-order valence-electron chi connectivity index (χ2n) is 4.03. The number of rotatable bonds is 7. The fourth-order valence-electron chi connectivity index (χ4n) is 1.27. The van der Waals surface area contributed by atoms with E-state index in [1.54, 1.807) is 31.2 Å². The minimum atomic E-state index is -0.457. The van der Waals surface area contributed by atoms with Gasteiger partial charge in [0.15, 0.2) is 0 Å². The zero-order valence-corrected chi connectivity index (χ0v) is 10.5. The normalized spacial score (nSPS) is 11.9. The van der Waals surface area contributed by atoms with E-state index in [0.29, 0.717) is 17.9 Å². The number of carbonyl (C=O) groups is 1. The maximum absolute atomic E-state index is 11.3. The number of aliphatic hydroxyl groups excluding tert-OH is 1. The highest BCUT2D eigenvalue weighted by atomic mass is 16.5. The molecule has 1 atom stereocenters. The third-order valence-corrected chi connectivity index (χ3v) is 2.23. The lowest BCUT2D eigenvalue weighted by molar-refractivity contribution is -0.144. The van der Waals surface area contributed by atoms with Crippen LogP contribution < -0.4 is 10.5 Å². The van der Waals surface area contributed by atoms with Crippen LogP contribution in [-0.4, -0.2) is 30.4 Å². The van der Waals surface area contributed by atoms with Crippen LogP contribution in [0.25, 0.3) is 0 Å². The molecule has 1 aromatic rings. The first-order valence-corrected chi connectivity index (χ1v) is 5.90. The molecule has 0 aliphatic heterocycles. The van der Waals surface area contributed by atoms with Crippen LogP contribution in [-0.2, 0) is 9.53 Å². The molecule has 5 nitrogen and oxygen atoms in total. The Bertz CT molecular complexity index is 379. The van der Waals surface area contributed by atoms with Gasteiger partial charge in [0.2, 0.25) is 0 Å². The number of hydrogen-bond donors (Lipinski definition) is 2. The first-order chi connectivity index (χ1) is 8.58. The summed E-state index contributed by atoms with van der Waals surface area (Å²) in [5, 5.41) is 8.99. The zero-order valence-electron chi connectivity index (χ0n) is 10.5. The van der Waals surface area contributed by atoms with Gasteiger partial charge < -0.3 is 20.3 Å². The summed E-state index contributed by atoms with van der Waals surface area (Å²) in [5.41, 5.74) is 6.21. The van der Waals surface area contributed by atoms with Gasteiger partial charge in [-0.05, 0) is 19.1 Å². The fraction of sp³-hybridized carbons (Fsp3) is 0.462. The van der Waals surface area contributed by atoms with Crippen LogP contribution in [0.5, 0.6) is 5.75 Å². The van der Waals surface area contributed by atoms with Crippen molar-refractivity contribution >= 4 is 11.7 Å². The van der Waals surface area contributed by atoms with Gasteiger partial charge in [0.1, 0.15) is 5.75 Å². The van der Waals surface area contributed by atoms with E-state index in [2.05, 4.69) is 0 Å². The minimum Gasteiger partial charge on any atom is -0.493 e. The van der Waals surface area contributed by atoms with Gasteiger partial charge in [0.05, 0.1) is 25.7 Å². The highest BCUT2D eigenvalue weighted by Gasteiger charge is 2.04. The van der Waals surface area contributed by atoms with Crippen LogP contribution in [0.15, 0.2) is 24.3 Å². The average Bonchev–Trinajstić information content (AvgIpc) is 2.28. The van der Waals surface area contributed by atoms with E-state index in [-0.39, 0.29) is 25.6 Å². The Morgan fingerprint density at radius 3 is 2.89 bits per heavy atom. The summed E-state index contributed by atoms with van der Waals surface area (Å²) in [4.78, 5) is 11.3. The van der Waals surface area contributed by atoms with Crippen molar-refractivity contribution in [3.05, 3.63) is 24.3 Å². The number of esters is 1. The summed E-state index contributed by atoms with van der Waals surface area (Å²) in [6.07, 6.45) is 0.164. The zero-order chi connectivity index (χ0) is 13.4. The second kappa shape index (κ2) is 7.55. The Balaban J connectivity index is 2.15. The molecule has 18 heavy (non-hydrogen) atoms. The highest BCUT2D eigenvalue weighted by Crippen LogP contribution is 2.14. The number of benzene rings is 1. The van der Waals surface area contributed by atoms with Gasteiger partial charge in [-0.15, -0.1) is 0 Å². The first-order valence-electron chi connectivity index (χ1n) is 5.90. The molecule has 100 valence electrons. The van der Waals surface area contributed by atoms with Gasteiger partial charge in [-0.25, -0.2) is 0 Å². The lowest BCUT2D eigenvalue weighted by Gasteiger charge is -2.08. The van der Waals surface area contributed by atoms with E-state index in [9.17, 15) is 4.79 Å². The van der Waals surface area contributed by atoms with E-state index in [0.717, 1.165) is 0 Å². The average molecular weight is 253 g/mol. The van der Waals surface area contributed by atoms with E-state index in [1.807, 2.05) is 0 Å². The van der Waals surface area contributed by atoms with E-state index in [4.69, 9.17) is 20.3 Å². The molecule has 5 heteroatoms. The molecular formula is C13H19NO4. The van der Waals surface area contributed by atoms with Gasteiger partial charge in [0.25, 0.3) is 0 Å². The van der Waals surface area contributed by atoms with Gasteiger partial charge >= 0.3 is 5.97 Å². The number of ether oxygens (including phenoxy) is 2. The van der Waals surface area contributed by atoms with Gasteiger partial charge in [-0.3, -0.25) is 4.79 Å². The first kappa shape index (κ1) is 14.3. The van der Waals surface area contributed by atoms with Crippen molar-refractivity contribution in [3.63, 3.8) is 0 Å². The van der Waals surface area contributed by atoms with E-state index >= 15 is 0 Å². The van der Waals surface area contributed by atoms with Crippen LogP contribution in [0.1, 0.15) is 19.8 Å². The van der Waals surface area contributed by atoms with Crippen molar-refractivity contribution in [2.45, 2.75) is 25.9 Å². The summed E-state index contributed by atoms with van der Waals surface area (Å²) in [6.45, 7) is 2.13. The molecule has 0 heterocycles. The molecule has 1 rings (SSSR count). The molecule has 0 aliphatic rings. The lowest BCUT2D eigenvalue weighted by atomic mass is 10.3. The molecular weight excluding hydrogens is 234 g/mol. The summed E-state index contributed by atoms with van der Waals surface area (Å²) >= 11 is 0. The highest BCUT2D eigenvalue weighted by molar-refractivity contribution is 5.69. The molecule has 0 fully saturated rings. The molecule has 0 spiro atoms. The Labute approximate surface area is 107 Å². The van der Waals surface area contributed by atoms with Crippen LogP contribution in [0.2, 0.25) is 0 Å². The Morgan fingerprint density at radius 1 is 1.44 bits per heavy atom. The van der Waals surface area contributed by atoms with Crippen molar-refractivity contribution in [2.24, 2.45) is 0 Å². The lowest BCUT2D eigenvalue weighted by Crippen LogP contribution is -2.13. The monoisotopic (exact) mass is 253 g/mol. The number of carbonyl (C=O) groups excluding carboxylic acids is 1. The van der Waals surface area contributed by atoms with Crippen LogP contribution in [0, 0.1) is 0 Å². The van der Waals surface area contributed by atoms with Crippen molar-refractivity contribution < 1.29 is 19.4 Å². The maximum atomic E-state index is 11.3. The van der Waals surface area contributed by atoms with Gasteiger partial charge in [0, 0.05) is 18.2 Å². The van der Waals surface area contributed by atoms with Crippen molar-refractivity contribution in [2.75, 3.05) is 18.9 Å². The van der Waals surface area contributed by atoms with Crippen molar-refractivity contribution in [1.29, 1.82) is 0 Å². The molecule has 0 saturated heterocycles. The Hall–Kier alpha value is -1.75. The molecule has 0 saturated carbocycles. The molecule has 3 N–H and O–H groups in total. The molecule has 0 amide bonds. The smallest absolute Gasteiger partial charge is 0.309 e. The predicted octanol–water partition coefficient (Wildman–Crippen LogP) is 1.35. The van der Waals surface area contributed by atoms with Crippen LogP contribution in [0.4, 0.5) is 5.69 Å². The summed E-state index contributed by atoms with van der Waals surface area (Å²) in [7, 11) is 0. The van der Waals surface area contributed by atoms with Crippen molar-refractivity contribution in [3.8, 4) is 5.75 Å². The number of nitrogen functional groups attached to an aromatic ring is 1.